The predicted octanol–water partition coefficient (Wildman–Crippen LogP) is 4.06. The summed E-state index contributed by atoms with van der Waals surface area (Å²) in [4.78, 5) is 14.0. The van der Waals surface area contributed by atoms with Gasteiger partial charge in [-0.2, -0.15) is 0 Å². The Labute approximate surface area is 153 Å². The predicted molar refractivity (Wildman–Crippen MR) is 102 cm³/mol. The molecule has 0 atom stereocenters. The van der Waals surface area contributed by atoms with Crippen LogP contribution in [0.15, 0.2) is 53.1 Å². The SMILES string of the molecule is Cc1cc(CN(C)C(=O)C=Cc2cc(C)n(-c3ccccc3)c2C)no1. The number of aryl methyl sites for hydroxylation is 2. The number of benzene rings is 1. The molecular formula is C21H23N3O2. The second-order valence-electron chi connectivity index (χ2n) is 6.45. The van der Waals surface area contributed by atoms with Crippen LogP contribution in [0.4, 0.5) is 0 Å². The maximum absolute atomic E-state index is 12.4. The molecule has 1 aromatic carbocycles. The molecule has 0 spiro atoms. The van der Waals surface area contributed by atoms with Gasteiger partial charge in [-0.1, -0.05) is 23.4 Å². The molecule has 0 unspecified atom stereocenters. The Morgan fingerprint density at radius 2 is 1.92 bits per heavy atom. The highest BCUT2D eigenvalue weighted by Gasteiger charge is 2.11. The van der Waals surface area contributed by atoms with Crippen molar-refractivity contribution in [3.05, 3.63) is 76.9 Å². The van der Waals surface area contributed by atoms with Crippen LogP contribution in [-0.4, -0.2) is 27.6 Å². The van der Waals surface area contributed by atoms with Crippen molar-refractivity contribution in [3.8, 4) is 5.69 Å². The Morgan fingerprint density at radius 1 is 1.19 bits per heavy atom. The van der Waals surface area contributed by atoms with Gasteiger partial charge >= 0.3 is 0 Å². The quantitative estimate of drug-likeness (QED) is 0.653. The van der Waals surface area contributed by atoms with Crippen LogP contribution in [0, 0.1) is 20.8 Å². The molecule has 5 nitrogen and oxygen atoms in total. The molecule has 0 bridgehead atoms. The number of nitrogens with zero attached hydrogens (tertiary/aromatic N) is 3. The molecule has 0 aliphatic heterocycles. The van der Waals surface area contributed by atoms with E-state index in [-0.39, 0.29) is 5.91 Å². The van der Waals surface area contributed by atoms with Gasteiger partial charge in [-0.05, 0) is 50.6 Å². The zero-order valence-electron chi connectivity index (χ0n) is 15.6. The topological polar surface area (TPSA) is 51.3 Å². The van der Waals surface area contributed by atoms with Crippen molar-refractivity contribution in [2.75, 3.05) is 7.05 Å². The Hall–Kier alpha value is -3.08. The van der Waals surface area contributed by atoms with Crippen molar-refractivity contribution in [2.24, 2.45) is 0 Å². The lowest BCUT2D eigenvalue weighted by molar-refractivity contribution is -0.125. The van der Waals surface area contributed by atoms with Gasteiger partial charge in [0.15, 0.2) is 0 Å². The van der Waals surface area contributed by atoms with Crippen molar-refractivity contribution < 1.29 is 9.32 Å². The largest absolute Gasteiger partial charge is 0.361 e. The second kappa shape index (κ2) is 7.44. The molecule has 26 heavy (non-hydrogen) atoms. The summed E-state index contributed by atoms with van der Waals surface area (Å²) in [7, 11) is 1.75. The average molecular weight is 349 g/mol. The molecule has 0 N–H and O–H groups in total. The first-order valence-electron chi connectivity index (χ1n) is 8.55. The summed E-state index contributed by atoms with van der Waals surface area (Å²) in [6.07, 6.45) is 3.47. The average Bonchev–Trinajstić information content (AvgIpc) is 3.15. The highest BCUT2D eigenvalue weighted by molar-refractivity contribution is 5.91. The van der Waals surface area contributed by atoms with E-state index in [0.29, 0.717) is 6.54 Å². The Morgan fingerprint density at radius 3 is 2.58 bits per heavy atom. The number of amides is 1. The first kappa shape index (κ1) is 17.7. The Balaban J connectivity index is 1.75. The van der Waals surface area contributed by atoms with E-state index in [1.165, 1.54) is 0 Å². The number of para-hydroxylation sites is 1. The smallest absolute Gasteiger partial charge is 0.246 e. The zero-order chi connectivity index (χ0) is 18.7. The zero-order valence-corrected chi connectivity index (χ0v) is 15.6. The number of hydrogen-bond donors (Lipinski definition) is 0. The number of aromatic nitrogens is 2. The summed E-state index contributed by atoms with van der Waals surface area (Å²) in [6, 6.07) is 14.1. The van der Waals surface area contributed by atoms with Crippen LogP contribution in [0.1, 0.15) is 28.4 Å². The van der Waals surface area contributed by atoms with Crippen LogP contribution in [0.2, 0.25) is 0 Å². The molecule has 134 valence electrons. The first-order valence-corrected chi connectivity index (χ1v) is 8.55. The van der Waals surface area contributed by atoms with Gasteiger partial charge in [0.05, 0.1) is 6.54 Å². The fraction of sp³-hybridized carbons (Fsp3) is 0.238. The fourth-order valence-corrected chi connectivity index (χ4v) is 3.03. The Kier molecular flexibility index (Phi) is 5.07. The molecular weight excluding hydrogens is 326 g/mol. The van der Waals surface area contributed by atoms with Crippen molar-refractivity contribution in [3.63, 3.8) is 0 Å². The van der Waals surface area contributed by atoms with Gasteiger partial charge in [-0.3, -0.25) is 4.79 Å². The molecule has 0 radical (unpaired) electrons. The minimum Gasteiger partial charge on any atom is -0.361 e. The third-order valence-corrected chi connectivity index (χ3v) is 4.34. The number of likely N-dealkylation sites (N-methyl/N-ethyl adjacent to an activating group) is 1. The van der Waals surface area contributed by atoms with E-state index in [4.69, 9.17) is 4.52 Å². The highest BCUT2D eigenvalue weighted by Crippen LogP contribution is 2.21. The summed E-state index contributed by atoms with van der Waals surface area (Å²) in [5.74, 6) is 0.667. The minimum atomic E-state index is -0.0739. The molecule has 3 aromatic rings. The maximum atomic E-state index is 12.4. The Bertz CT molecular complexity index is 936. The van der Waals surface area contributed by atoms with E-state index in [9.17, 15) is 4.79 Å². The summed E-state index contributed by atoms with van der Waals surface area (Å²) in [5.41, 5.74) is 5.13. The number of carbonyl (C=O) groups excluding carboxylic acids is 1. The first-order chi connectivity index (χ1) is 12.5. The van der Waals surface area contributed by atoms with E-state index in [1.54, 1.807) is 18.0 Å². The van der Waals surface area contributed by atoms with E-state index in [1.807, 2.05) is 37.3 Å². The lowest BCUT2D eigenvalue weighted by Crippen LogP contribution is -2.24. The highest BCUT2D eigenvalue weighted by atomic mass is 16.5. The van der Waals surface area contributed by atoms with Crippen LogP contribution < -0.4 is 0 Å². The third-order valence-electron chi connectivity index (χ3n) is 4.34. The van der Waals surface area contributed by atoms with Crippen molar-refractivity contribution >= 4 is 12.0 Å². The van der Waals surface area contributed by atoms with Crippen molar-refractivity contribution in [2.45, 2.75) is 27.3 Å². The minimum absolute atomic E-state index is 0.0739. The van der Waals surface area contributed by atoms with Crippen LogP contribution >= 0.6 is 0 Å². The van der Waals surface area contributed by atoms with E-state index in [0.717, 1.165) is 34.1 Å². The molecule has 0 saturated carbocycles. The van der Waals surface area contributed by atoms with Crippen LogP contribution in [0.5, 0.6) is 0 Å². The van der Waals surface area contributed by atoms with E-state index < -0.39 is 0 Å². The van der Waals surface area contributed by atoms with Gasteiger partial charge in [0.1, 0.15) is 11.5 Å². The third kappa shape index (κ3) is 3.77. The van der Waals surface area contributed by atoms with Gasteiger partial charge in [-0.15, -0.1) is 0 Å². The summed E-state index contributed by atoms with van der Waals surface area (Å²) < 4.78 is 7.23. The van der Waals surface area contributed by atoms with Gasteiger partial charge in [0.2, 0.25) is 5.91 Å². The normalized spacial score (nSPS) is 11.2. The molecule has 2 aromatic heterocycles. The van der Waals surface area contributed by atoms with Crippen molar-refractivity contribution in [1.29, 1.82) is 0 Å². The summed E-state index contributed by atoms with van der Waals surface area (Å²) >= 11 is 0. The van der Waals surface area contributed by atoms with Crippen LogP contribution in [0.3, 0.4) is 0 Å². The summed E-state index contributed by atoms with van der Waals surface area (Å²) in [6.45, 7) is 6.38. The standard InChI is InChI=1S/C21H23N3O2/c1-15-12-18(17(3)24(15)20-8-6-5-7-9-20)10-11-21(25)23(4)14-19-13-16(2)26-22-19/h5-13H,14H2,1-4H3. The van der Waals surface area contributed by atoms with Crippen molar-refractivity contribution in [1.82, 2.24) is 14.6 Å². The summed E-state index contributed by atoms with van der Waals surface area (Å²) in [5, 5.41) is 3.92. The van der Waals surface area contributed by atoms with Gasteiger partial charge in [0, 0.05) is 36.3 Å². The lowest BCUT2D eigenvalue weighted by Gasteiger charge is -2.12. The second-order valence-corrected chi connectivity index (χ2v) is 6.45. The lowest BCUT2D eigenvalue weighted by atomic mass is 10.2. The molecule has 5 heteroatoms. The van der Waals surface area contributed by atoms with Gasteiger partial charge < -0.3 is 14.0 Å². The molecule has 0 aliphatic rings. The maximum Gasteiger partial charge on any atom is 0.246 e. The molecule has 2 heterocycles. The monoisotopic (exact) mass is 349 g/mol. The van der Waals surface area contributed by atoms with E-state index >= 15 is 0 Å². The molecule has 3 rings (SSSR count). The molecule has 0 saturated heterocycles. The van der Waals surface area contributed by atoms with Crippen LogP contribution in [-0.2, 0) is 11.3 Å². The number of carbonyl (C=O) groups is 1. The van der Waals surface area contributed by atoms with E-state index in [2.05, 4.69) is 41.8 Å². The number of rotatable bonds is 5. The molecule has 0 aliphatic carbocycles. The molecule has 0 fully saturated rings. The number of hydrogen-bond acceptors (Lipinski definition) is 3. The van der Waals surface area contributed by atoms with Gasteiger partial charge in [-0.25, -0.2) is 0 Å². The fourth-order valence-electron chi connectivity index (χ4n) is 3.03. The van der Waals surface area contributed by atoms with Gasteiger partial charge in [0.25, 0.3) is 0 Å². The van der Waals surface area contributed by atoms with Crippen LogP contribution in [0.25, 0.3) is 11.8 Å². The molecule has 1 amide bonds.